The molecule has 0 bridgehead atoms. The fourth-order valence-corrected chi connectivity index (χ4v) is 2.76. The van der Waals surface area contributed by atoms with Crippen LogP contribution in [0.3, 0.4) is 0 Å². The summed E-state index contributed by atoms with van der Waals surface area (Å²) in [6.07, 6.45) is -0.830. The number of hydrogen-bond donors (Lipinski definition) is 7. The van der Waals surface area contributed by atoms with Crippen molar-refractivity contribution in [2.24, 2.45) is 23.3 Å². The van der Waals surface area contributed by atoms with Gasteiger partial charge in [-0.05, 0) is 18.3 Å². The maximum atomic E-state index is 12.9. The normalized spacial score (nSPS) is 15.5. The van der Waals surface area contributed by atoms with Crippen LogP contribution >= 0.6 is 0 Å². The lowest BCUT2D eigenvalue weighted by atomic mass is 9.97. The summed E-state index contributed by atoms with van der Waals surface area (Å²) in [7, 11) is 0. The number of aliphatic carboxylic acids is 2. The van der Waals surface area contributed by atoms with Gasteiger partial charge in [0.2, 0.25) is 23.6 Å². The molecule has 0 aromatic carbocycles. The second-order valence-electron chi connectivity index (χ2n) is 8.21. The van der Waals surface area contributed by atoms with Crippen LogP contribution in [0.5, 0.6) is 0 Å². The van der Waals surface area contributed by atoms with E-state index in [2.05, 4.69) is 10.6 Å². The molecule has 0 spiro atoms. The minimum atomic E-state index is -1.75. The van der Waals surface area contributed by atoms with E-state index in [1.54, 1.807) is 20.8 Å². The molecule has 0 saturated carbocycles. The third kappa shape index (κ3) is 10.8. The number of amides is 4. The van der Waals surface area contributed by atoms with E-state index in [0.717, 1.165) is 0 Å². The van der Waals surface area contributed by atoms with Crippen molar-refractivity contribution in [3.63, 3.8) is 0 Å². The maximum absolute atomic E-state index is 12.9. The first-order valence-corrected chi connectivity index (χ1v) is 10.6. The molecular formula is C20H35N5O8. The molecule has 13 nitrogen and oxygen atoms in total. The van der Waals surface area contributed by atoms with E-state index in [1.807, 2.05) is 12.2 Å². The van der Waals surface area contributed by atoms with Gasteiger partial charge < -0.3 is 37.6 Å². The van der Waals surface area contributed by atoms with Crippen molar-refractivity contribution in [2.75, 3.05) is 0 Å². The van der Waals surface area contributed by atoms with Crippen molar-refractivity contribution in [1.82, 2.24) is 16.0 Å². The van der Waals surface area contributed by atoms with Crippen LogP contribution in [0.1, 0.15) is 53.4 Å². The highest BCUT2D eigenvalue weighted by molar-refractivity contribution is 5.95. The molecule has 0 heterocycles. The molecular weight excluding hydrogens is 438 g/mol. The zero-order valence-electron chi connectivity index (χ0n) is 19.3. The molecule has 4 amide bonds. The molecule has 9 N–H and O–H groups in total. The topological polar surface area (TPSA) is 231 Å². The molecule has 0 aliphatic rings. The fourth-order valence-electron chi connectivity index (χ4n) is 2.76. The molecule has 0 aliphatic carbocycles. The van der Waals surface area contributed by atoms with Crippen LogP contribution in [0, 0.1) is 11.8 Å². The SMILES string of the molecule is CCC(C)C(N)C(=O)NC(C(=O)NC(CCC(N)=O)C(=O)NC(CC(=O)O)C(=O)O)C(C)C. The number of carbonyl (C=O) groups excluding carboxylic acids is 4. The lowest BCUT2D eigenvalue weighted by Crippen LogP contribution is -2.59. The first-order valence-electron chi connectivity index (χ1n) is 10.6. The number of primary amides is 1. The van der Waals surface area contributed by atoms with E-state index in [9.17, 15) is 28.8 Å². The van der Waals surface area contributed by atoms with E-state index in [0.29, 0.717) is 6.42 Å². The molecule has 5 atom stereocenters. The van der Waals surface area contributed by atoms with Gasteiger partial charge in [-0.2, -0.15) is 0 Å². The fraction of sp³-hybridized carbons (Fsp3) is 0.700. The van der Waals surface area contributed by atoms with Gasteiger partial charge in [0.1, 0.15) is 18.1 Å². The van der Waals surface area contributed by atoms with Gasteiger partial charge in [-0.15, -0.1) is 0 Å². The largest absolute Gasteiger partial charge is 0.481 e. The van der Waals surface area contributed by atoms with Crippen molar-refractivity contribution >= 4 is 35.6 Å². The Morgan fingerprint density at radius 1 is 0.848 bits per heavy atom. The third-order valence-electron chi connectivity index (χ3n) is 5.11. The molecule has 0 radical (unpaired) electrons. The van der Waals surface area contributed by atoms with Gasteiger partial charge in [-0.3, -0.25) is 24.0 Å². The summed E-state index contributed by atoms with van der Waals surface area (Å²) in [6, 6.07) is -5.09. The van der Waals surface area contributed by atoms with Gasteiger partial charge in [-0.1, -0.05) is 34.1 Å². The molecule has 33 heavy (non-hydrogen) atoms. The Bertz CT molecular complexity index is 742. The summed E-state index contributed by atoms with van der Waals surface area (Å²) in [5.41, 5.74) is 11.0. The first-order chi connectivity index (χ1) is 15.2. The average Bonchev–Trinajstić information content (AvgIpc) is 2.71. The first kappa shape index (κ1) is 29.8. The number of hydrogen-bond acceptors (Lipinski definition) is 7. The Hall–Kier alpha value is -3.22. The van der Waals surface area contributed by atoms with E-state index in [1.165, 1.54) is 0 Å². The van der Waals surface area contributed by atoms with E-state index in [4.69, 9.17) is 21.7 Å². The van der Waals surface area contributed by atoms with Gasteiger partial charge in [-0.25, -0.2) is 4.79 Å². The van der Waals surface area contributed by atoms with Crippen molar-refractivity contribution in [2.45, 2.75) is 77.5 Å². The number of nitrogens with two attached hydrogens (primary N) is 2. The van der Waals surface area contributed by atoms with Crippen molar-refractivity contribution in [1.29, 1.82) is 0 Å². The maximum Gasteiger partial charge on any atom is 0.326 e. The third-order valence-corrected chi connectivity index (χ3v) is 5.11. The van der Waals surface area contributed by atoms with Gasteiger partial charge in [0.25, 0.3) is 0 Å². The molecule has 188 valence electrons. The Balaban J connectivity index is 5.56. The predicted molar refractivity (Wildman–Crippen MR) is 116 cm³/mol. The molecule has 0 rings (SSSR count). The van der Waals surface area contributed by atoms with Crippen LogP contribution in [0.4, 0.5) is 0 Å². The number of carboxylic acid groups (broad SMARTS) is 2. The Morgan fingerprint density at radius 2 is 1.39 bits per heavy atom. The average molecular weight is 474 g/mol. The predicted octanol–water partition coefficient (Wildman–Crippen LogP) is -1.70. The van der Waals surface area contributed by atoms with Crippen LogP contribution < -0.4 is 27.4 Å². The summed E-state index contributed by atoms with van der Waals surface area (Å²) in [5.74, 6) is -6.68. The second-order valence-corrected chi connectivity index (χ2v) is 8.21. The highest BCUT2D eigenvalue weighted by Gasteiger charge is 2.33. The second kappa shape index (κ2) is 14.0. The highest BCUT2D eigenvalue weighted by atomic mass is 16.4. The number of nitrogens with one attached hydrogen (secondary N) is 3. The molecule has 0 aliphatic heterocycles. The zero-order chi connectivity index (χ0) is 25.9. The van der Waals surface area contributed by atoms with Crippen molar-refractivity contribution in [3.8, 4) is 0 Å². The highest BCUT2D eigenvalue weighted by Crippen LogP contribution is 2.09. The number of carbonyl (C=O) groups is 6. The van der Waals surface area contributed by atoms with Crippen LogP contribution in [0.15, 0.2) is 0 Å². The minimum absolute atomic E-state index is 0.142. The molecule has 5 unspecified atom stereocenters. The monoisotopic (exact) mass is 473 g/mol. The minimum Gasteiger partial charge on any atom is -0.481 e. The van der Waals surface area contributed by atoms with E-state index >= 15 is 0 Å². The van der Waals surface area contributed by atoms with Gasteiger partial charge in [0.05, 0.1) is 12.5 Å². The molecule has 0 fully saturated rings. The smallest absolute Gasteiger partial charge is 0.326 e. The molecule has 0 aromatic rings. The Morgan fingerprint density at radius 3 is 1.82 bits per heavy atom. The summed E-state index contributed by atoms with van der Waals surface area (Å²) < 4.78 is 0. The van der Waals surface area contributed by atoms with E-state index < -0.39 is 72.1 Å². The van der Waals surface area contributed by atoms with Gasteiger partial charge >= 0.3 is 11.9 Å². The number of rotatable bonds is 15. The van der Waals surface area contributed by atoms with Gasteiger partial charge in [0.15, 0.2) is 0 Å². The summed E-state index contributed by atoms with van der Waals surface area (Å²) >= 11 is 0. The standard InChI is InChI=1S/C20H35N5O8/c1-5-10(4)15(22)18(30)25-16(9(2)3)19(31)23-11(6-7-13(21)26)17(29)24-12(20(32)33)8-14(27)28/h9-12,15-16H,5-8,22H2,1-4H3,(H2,21,26)(H,23,31)(H,24,29)(H,25,30)(H,27,28)(H,32,33). The molecule has 13 heteroatoms. The van der Waals surface area contributed by atoms with Gasteiger partial charge in [0, 0.05) is 6.42 Å². The van der Waals surface area contributed by atoms with Crippen LogP contribution in [0.2, 0.25) is 0 Å². The van der Waals surface area contributed by atoms with Crippen molar-refractivity contribution in [3.05, 3.63) is 0 Å². The number of carboxylic acids is 2. The van der Waals surface area contributed by atoms with Crippen molar-refractivity contribution < 1.29 is 39.0 Å². The summed E-state index contributed by atoms with van der Waals surface area (Å²) in [4.78, 5) is 71.2. The quantitative estimate of drug-likeness (QED) is 0.143. The van der Waals surface area contributed by atoms with Crippen LogP contribution in [0.25, 0.3) is 0 Å². The summed E-state index contributed by atoms with van der Waals surface area (Å²) in [6.45, 7) is 6.96. The molecule has 0 saturated heterocycles. The lowest BCUT2D eigenvalue weighted by molar-refractivity contribution is -0.147. The Labute approximate surface area is 192 Å². The van der Waals surface area contributed by atoms with Crippen LogP contribution in [-0.4, -0.2) is 69.9 Å². The van der Waals surface area contributed by atoms with Crippen LogP contribution in [-0.2, 0) is 28.8 Å². The Kier molecular flexibility index (Phi) is 12.7. The molecule has 0 aromatic heterocycles. The van der Waals surface area contributed by atoms with E-state index in [-0.39, 0.29) is 18.8 Å². The zero-order valence-corrected chi connectivity index (χ0v) is 19.3. The lowest BCUT2D eigenvalue weighted by Gasteiger charge is -2.27. The summed E-state index contributed by atoms with van der Waals surface area (Å²) in [5, 5.41) is 24.9.